The van der Waals surface area contributed by atoms with Gasteiger partial charge < -0.3 is 5.32 Å². The highest BCUT2D eigenvalue weighted by Gasteiger charge is 2.30. The lowest BCUT2D eigenvalue weighted by Crippen LogP contribution is -2.08. The van der Waals surface area contributed by atoms with Crippen LogP contribution in [0.2, 0.25) is 0 Å². The Kier molecular flexibility index (Phi) is 5.21. The smallest absolute Gasteiger partial charge is 0.322 e. The van der Waals surface area contributed by atoms with Crippen molar-refractivity contribution in [2.75, 3.05) is 5.32 Å². The third kappa shape index (κ3) is 3.75. The summed E-state index contributed by atoms with van der Waals surface area (Å²) in [6.07, 6.45) is -4.48. The molecule has 0 saturated heterocycles. The van der Waals surface area contributed by atoms with E-state index >= 15 is 0 Å². The molecule has 0 aliphatic heterocycles. The minimum Gasteiger partial charge on any atom is -0.322 e. The molecule has 0 atom stereocenters. The maximum atomic E-state index is 13.3. The molecule has 1 N–H and O–H groups in total. The maximum Gasteiger partial charge on any atom is 0.416 e. The van der Waals surface area contributed by atoms with E-state index in [1.54, 1.807) is 6.07 Å². The molecule has 3 rings (SSSR count). The number of rotatable bonds is 5. The predicted octanol–water partition coefficient (Wildman–Crippen LogP) is 4.24. The van der Waals surface area contributed by atoms with E-state index in [1.807, 2.05) is 0 Å². The molecule has 11 heteroatoms. The molecule has 1 heterocycles. The third-order valence-electron chi connectivity index (χ3n) is 3.89. The highest BCUT2D eigenvalue weighted by molar-refractivity contribution is 5.63. The van der Waals surface area contributed by atoms with Gasteiger partial charge in [0.25, 0.3) is 5.95 Å². The summed E-state index contributed by atoms with van der Waals surface area (Å²) in [5, 5.41) is 22.6. The zero-order valence-electron chi connectivity index (χ0n) is 14.0. The van der Waals surface area contributed by atoms with Gasteiger partial charge in [0.1, 0.15) is 13.3 Å². The molecule has 6 nitrogen and oxygen atoms in total. The fourth-order valence-electron chi connectivity index (χ4n) is 2.48. The lowest BCUT2D eigenvalue weighted by Gasteiger charge is -2.13. The van der Waals surface area contributed by atoms with Crippen LogP contribution in [0, 0.1) is 11.3 Å². The number of aromatic nitrogens is 4. The zero-order valence-corrected chi connectivity index (χ0v) is 14.0. The zero-order chi connectivity index (χ0) is 20.3. The number of hydrogen-bond acceptors (Lipinski definition) is 5. The van der Waals surface area contributed by atoms with Crippen molar-refractivity contribution in [2.45, 2.75) is 19.5 Å². The largest absolute Gasteiger partial charge is 0.416 e. The van der Waals surface area contributed by atoms with Gasteiger partial charge in [-0.2, -0.15) is 23.1 Å². The van der Waals surface area contributed by atoms with E-state index in [-0.39, 0.29) is 34.0 Å². The van der Waals surface area contributed by atoms with Gasteiger partial charge in [0.05, 0.1) is 22.9 Å². The van der Waals surface area contributed by atoms with Gasteiger partial charge in [0.15, 0.2) is 0 Å². The van der Waals surface area contributed by atoms with Crippen molar-refractivity contribution in [1.29, 1.82) is 5.26 Å². The second-order valence-corrected chi connectivity index (χ2v) is 5.63. The Bertz CT molecular complexity index is 1020. The molecule has 0 radical (unpaired) electrons. The molecule has 1 aromatic heterocycles. The van der Waals surface area contributed by atoms with Crippen LogP contribution in [-0.4, -0.2) is 20.2 Å². The summed E-state index contributed by atoms with van der Waals surface area (Å²) in [6, 6.07) is 8.35. The van der Waals surface area contributed by atoms with Gasteiger partial charge in [-0.3, -0.25) is 0 Å². The van der Waals surface area contributed by atoms with E-state index in [2.05, 4.69) is 20.8 Å². The van der Waals surface area contributed by atoms with Crippen LogP contribution in [0.15, 0.2) is 36.4 Å². The third-order valence-corrected chi connectivity index (χ3v) is 3.89. The minimum atomic E-state index is -4.48. The summed E-state index contributed by atoms with van der Waals surface area (Å²) in [5.41, 5.74) is -0.341. The molecule has 0 saturated carbocycles. The van der Waals surface area contributed by atoms with Crippen LogP contribution in [0.4, 0.5) is 33.6 Å². The first-order valence-corrected chi connectivity index (χ1v) is 7.78. The molecule has 0 bridgehead atoms. The molecule has 3 aromatic rings. The van der Waals surface area contributed by atoms with Gasteiger partial charge in [0, 0.05) is 16.8 Å². The average Bonchev–Trinajstić information content (AvgIpc) is 3.15. The summed E-state index contributed by atoms with van der Waals surface area (Å²) < 4.78 is 65.7. The Labute approximate surface area is 155 Å². The SMILES string of the molecule is N#Cc1cc(CF)c(Nc2nnnn2-c2ccc(C(F)(F)F)cc2)cc1CF. The predicted molar refractivity (Wildman–Crippen MR) is 88.2 cm³/mol. The highest BCUT2D eigenvalue weighted by Crippen LogP contribution is 2.30. The summed E-state index contributed by atoms with van der Waals surface area (Å²) in [4.78, 5) is 0. The Morgan fingerprint density at radius 3 is 2.29 bits per heavy atom. The molecular formula is C17H11F5N6. The Morgan fingerprint density at radius 2 is 1.71 bits per heavy atom. The van der Waals surface area contributed by atoms with E-state index in [4.69, 9.17) is 5.26 Å². The molecule has 0 spiro atoms. The van der Waals surface area contributed by atoms with Crippen molar-refractivity contribution in [3.05, 3.63) is 58.7 Å². The minimum absolute atomic E-state index is 0.00281. The fraction of sp³-hybridized carbons (Fsp3) is 0.176. The van der Waals surface area contributed by atoms with Crippen molar-refractivity contribution in [1.82, 2.24) is 20.2 Å². The molecule has 0 unspecified atom stereocenters. The van der Waals surface area contributed by atoms with Gasteiger partial charge in [-0.05, 0) is 46.8 Å². The number of halogens is 5. The van der Waals surface area contributed by atoms with Crippen molar-refractivity contribution in [3.63, 3.8) is 0 Å². The number of hydrogen-bond donors (Lipinski definition) is 1. The summed E-state index contributed by atoms with van der Waals surface area (Å²) >= 11 is 0. The van der Waals surface area contributed by atoms with Crippen molar-refractivity contribution >= 4 is 11.6 Å². The normalized spacial score (nSPS) is 11.3. The van der Waals surface area contributed by atoms with Crippen LogP contribution in [0.3, 0.4) is 0 Å². The Balaban J connectivity index is 1.96. The van der Waals surface area contributed by atoms with Crippen LogP contribution < -0.4 is 5.32 Å². The van der Waals surface area contributed by atoms with E-state index in [0.29, 0.717) is 0 Å². The number of benzene rings is 2. The molecular weight excluding hydrogens is 383 g/mol. The number of anilines is 2. The maximum absolute atomic E-state index is 13.3. The van der Waals surface area contributed by atoms with Gasteiger partial charge in [-0.1, -0.05) is 5.10 Å². The second kappa shape index (κ2) is 7.59. The molecule has 144 valence electrons. The Morgan fingerprint density at radius 1 is 1.04 bits per heavy atom. The van der Waals surface area contributed by atoms with E-state index in [9.17, 15) is 22.0 Å². The Hall–Kier alpha value is -3.55. The average molecular weight is 394 g/mol. The first kappa shape index (κ1) is 19.2. The summed E-state index contributed by atoms with van der Waals surface area (Å²) in [6.45, 7) is -1.88. The van der Waals surface area contributed by atoms with Gasteiger partial charge in [-0.25, -0.2) is 8.78 Å². The van der Waals surface area contributed by atoms with Gasteiger partial charge >= 0.3 is 6.18 Å². The lowest BCUT2D eigenvalue weighted by atomic mass is 10.0. The molecule has 0 amide bonds. The van der Waals surface area contributed by atoms with E-state index in [1.165, 1.54) is 24.3 Å². The lowest BCUT2D eigenvalue weighted by molar-refractivity contribution is -0.137. The fourth-order valence-corrected chi connectivity index (χ4v) is 2.48. The number of nitriles is 1. The molecule has 0 fully saturated rings. The molecule has 2 aromatic carbocycles. The van der Waals surface area contributed by atoms with E-state index < -0.39 is 25.1 Å². The summed E-state index contributed by atoms with van der Waals surface area (Å²) in [5.74, 6) is -0.0241. The topological polar surface area (TPSA) is 79.4 Å². The first-order valence-electron chi connectivity index (χ1n) is 7.78. The van der Waals surface area contributed by atoms with Crippen LogP contribution in [0.5, 0.6) is 0 Å². The van der Waals surface area contributed by atoms with Crippen molar-refractivity contribution < 1.29 is 22.0 Å². The monoisotopic (exact) mass is 394 g/mol. The highest BCUT2D eigenvalue weighted by atomic mass is 19.4. The molecule has 0 aliphatic rings. The first-order chi connectivity index (χ1) is 13.4. The number of nitrogens with zero attached hydrogens (tertiary/aromatic N) is 5. The standard InChI is InChI=1S/C17H11F5N6/c18-7-10-6-15(11(8-19)5-12(10)9-23)24-16-25-26-27-28(16)14-3-1-13(2-4-14)17(20,21)22/h1-6H,7-8H2,(H,24,25,27). The van der Waals surface area contributed by atoms with Gasteiger partial charge in [0.2, 0.25) is 0 Å². The second-order valence-electron chi connectivity index (χ2n) is 5.63. The van der Waals surface area contributed by atoms with E-state index in [0.717, 1.165) is 16.8 Å². The molecule has 28 heavy (non-hydrogen) atoms. The van der Waals surface area contributed by atoms with Crippen molar-refractivity contribution in [3.8, 4) is 11.8 Å². The van der Waals surface area contributed by atoms with Gasteiger partial charge in [-0.15, -0.1) is 0 Å². The van der Waals surface area contributed by atoms with Crippen molar-refractivity contribution in [2.24, 2.45) is 0 Å². The number of tetrazole rings is 1. The summed E-state index contributed by atoms with van der Waals surface area (Å²) in [7, 11) is 0. The van der Waals surface area contributed by atoms with Crippen LogP contribution in [-0.2, 0) is 19.5 Å². The quantitative estimate of drug-likeness (QED) is 0.655. The number of nitrogens with one attached hydrogen (secondary N) is 1. The van der Waals surface area contributed by atoms with Crippen LogP contribution in [0.25, 0.3) is 5.69 Å². The number of alkyl halides is 5. The van der Waals surface area contributed by atoms with Crippen LogP contribution >= 0.6 is 0 Å². The van der Waals surface area contributed by atoms with Crippen LogP contribution in [0.1, 0.15) is 22.3 Å². The molecule has 0 aliphatic carbocycles.